The number of likely N-dealkylation sites (tertiary alicyclic amines) is 1. The van der Waals surface area contributed by atoms with E-state index in [1.54, 1.807) is 11.1 Å². The zero-order valence-electron chi connectivity index (χ0n) is 17.2. The highest BCUT2D eigenvalue weighted by Gasteiger charge is 2.37. The molecule has 7 nitrogen and oxygen atoms in total. The Morgan fingerprint density at radius 1 is 1.19 bits per heavy atom. The van der Waals surface area contributed by atoms with Crippen LogP contribution in [0.15, 0.2) is 60.8 Å². The lowest BCUT2D eigenvalue weighted by atomic mass is 9.95. The fourth-order valence-corrected chi connectivity index (χ4v) is 3.91. The fraction of sp³-hybridized carbons (Fsp3) is 0.261. The lowest BCUT2D eigenvalue weighted by Gasteiger charge is -2.28. The number of ether oxygens (including phenoxy) is 1. The molecule has 1 saturated heterocycles. The molecule has 31 heavy (non-hydrogen) atoms. The summed E-state index contributed by atoms with van der Waals surface area (Å²) >= 11 is 0. The van der Waals surface area contributed by atoms with Crippen LogP contribution in [0.2, 0.25) is 0 Å². The van der Waals surface area contributed by atoms with Crippen molar-refractivity contribution in [1.29, 1.82) is 0 Å². The van der Waals surface area contributed by atoms with Crippen molar-refractivity contribution in [1.82, 2.24) is 20.2 Å². The molecule has 3 aromatic rings. The van der Waals surface area contributed by atoms with E-state index in [9.17, 15) is 9.59 Å². The number of alkyl carbamates (subject to hydrolysis) is 1. The zero-order chi connectivity index (χ0) is 21.8. The van der Waals surface area contributed by atoms with Crippen molar-refractivity contribution in [2.75, 3.05) is 13.7 Å². The second kappa shape index (κ2) is 9.08. The summed E-state index contributed by atoms with van der Waals surface area (Å²) in [6.45, 7) is 0.591. The number of methoxy groups -OCH3 is 1. The van der Waals surface area contributed by atoms with Gasteiger partial charge in [-0.15, -0.1) is 0 Å². The Hall–Kier alpha value is -3.55. The molecule has 2 radical (unpaired) electrons. The van der Waals surface area contributed by atoms with E-state index in [4.69, 9.17) is 12.6 Å². The number of carbonyl (C=O) groups excluding carboxylic acids is 2. The average molecular weight is 414 g/mol. The molecule has 2 aromatic carbocycles. The number of hydrogen-bond donors (Lipinski definition) is 2. The fourth-order valence-electron chi connectivity index (χ4n) is 3.91. The second-order valence-corrected chi connectivity index (χ2v) is 7.47. The van der Waals surface area contributed by atoms with Gasteiger partial charge in [0.25, 0.3) is 5.91 Å². The van der Waals surface area contributed by atoms with Gasteiger partial charge in [-0.2, -0.15) is 0 Å². The molecule has 2 N–H and O–H groups in total. The molecule has 2 amide bonds. The lowest BCUT2D eigenvalue weighted by molar-refractivity contribution is -0.134. The summed E-state index contributed by atoms with van der Waals surface area (Å²) < 4.78 is 4.74. The molecular formula is C23H23BN4O3. The number of imidazole rings is 1. The third kappa shape index (κ3) is 4.48. The second-order valence-electron chi connectivity index (χ2n) is 7.47. The highest BCUT2D eigenvalue weighted by molar-refractivity contribution is 6.32. The zero-order valence-corrected chi connectivity index (χ0v) is 17.2. The number of carbonyl (C=O) groups is 2. The third-order valence-electron chi connectivity index (χ3n) is 5.50. The molecule has 1 unspecified atom stereocenters. The van der Waals surface area contributed by atoms with Crippen LogP contribution >= 0.6 is 0 Å². The van der Waals surface area contributed by atoms with Crippen molar-refractivity contribution in [3.63, 3.8) is 0 Å². The summed E-state index contributed by atoms with van der Waals surface area (Å²) in [5.74, 6) is 0.534. The number of rotatable bonds is 5. The van der Waals surface area contributed by atoms with Crippen LogP contribution in [0, 0.1) is 0 Å². The summed E-state index contributed by atoms with van der Waals surface area (Å²) in [6.07, 6.45) is 2.76. The maximum Gasteiger partial charge on any atom is 0.407 e. The SMILES string of the molecule is [B]c1ccc(-c2cnc([C@@H]3CCCN3C(=O)C(NC(=O)OC)c3ccccc3)[nH]2)cc1. The number of amides is 2. The van der Waals surface area contributed by atoms with E-state index in [1.165, 1.54) is 7.11 Å². The minimum atomic E-state index is -0.833. The van der Waals surface area contributed by atoms with Crippen LogP contribution in [0.3, 0.4) is 0 Å². The van der Waals surface area contributed by atoms with Gasteiger partial charge in [-0.25, -0.2) is 9.78 Å². The molecule has 1 aliphatic rings. The molecular weight excluding hydrogens is 391 g/mol. The first-order chi connectivity index (χ1) is 15.1. The first kappa shape index (κ1) is 20.7. The van der Waals surface area contributed by atoms with Crippen molar-refractivity contribution < 1.29 is 14.3 Å². The number of hydrogen-bond acceptors (Lipinski definition) is 4. The van der Waals surface area contributed by atoms with Gasteiger partial charge in [0.1, 0.15) is 19.7 Å². The number of aromatic nitrogens is 2. The summed E-state index contributed by atoms with van der Waals surface area (Å²) in [7, 11) is 7.05. The summed E-state index contributed by atoms with van der Waals surface area (Å²) in [4.78, 5) is 35.1. The van der Waals surface area contributed by atoms with Gasteiger partial charge >= 0.3 is 6.09 Å². The molecule has 0 aliphatic carbocycles. The maximum atomic E-state index is 13.5. The minimum absolute atomic E-state index is 0.190. The van der Waals surface area contributed by atoms with Gasteiger partial charge in [-0.3, -0.25) is 4.79 Å². The van der Waals surface area contributed by atoms with Crippen molar-refractivity contribution in [2.45, 2.75) is 24.9 Å². The third-order valence-corrected chi connectivity index (χ3v) is 5.50. The number of nitrogens with one attached hydrogen (secondary N) is 2. The Balaban J connectivity index is 1.58. The molecule has 8 heteroatoms. The number of benzene rings is 2. The number of H-pyrrole nitrogens is 1. The first-order valence-corrected chi connectivity index (χ1v) is 10.2. The Morgan fingerprint density at radius 3 is 2.65 bits per heavy atom. The van der Waals surface area contributed by atoms with Crippen LogP contribution < -0.4 is 10.8 Å². The minimum Gasteiger partial charge on any atom is -0.453 e. The van der Waals surface area contributed by atoms with E-state index < -0.39 is 12.1 Å². The van der Waals surface area contributed by atoms with Crippen molar-refractivity contribution >= 4 is 25.3 Å². The van der Waals surface area contributed by atoms with Crippen molar-refractivity contribution in [3.8, 4) is 11.3 Å². The van der Waals surface area contributed by atoms with Gasteiger partial charge in [-0.1, -0.05) is 60.1 Å². The van der Waals surface area contributed by atoms with Crippen LogP contribution in [0.5, 0.6) is 0 Å². The average Bonchev–Trinajstić information content (AvgIpc) is 3.47. The van der Waals surface area contributed by atoms with Gasteiger partial charge in [-0.05, 0) is 24.0 Å². The van der Waals surface area contributed by atoms with Crippen LogP contribution in [0.4, 0.5) is 4.79 Å². The molecule has 0 spiro atoms. The molecule has 156 valence electrons. The Bertz CT molecular complexity index is 1050. The molecule has 2 atom stereocenters. The Kier molecular flexibility index (Phi) is 6.07. The molecule has 0 saturated carbocycles. The molecule has 1 aliphatic heterocycles. The van der Waals surface area contributed by atoms with Gasteiger partial charge < -0.3 is 19.9 Å². The van der Waals surface area contributed by atoms with Crippen molar-refractivity contribution in [3.05, 3.63) is 72.2 Å². The topological polar surface area (TPSA) is 87.3 Å². The molecule has 2 heterocycles. The van der Waals surface area contributed by atoms with Crippen molar-refractivity contribution in [2.24, 2.45) is 0 Å². The van der Waals surface area contributed by atoms with Gasteiger partial charge in [0.15, 0.2) is 0 Å². The van der Waals surface area contributed by atoms with Gasteiger partial charge in [0.2, 0.25) is 0 Å². The van der Waals surface area contributed by atoms with E-state index in [0.717, 1.165) is 29.9 Å². The van der Waals surface area contributed by atoms with Crippen LogP contribution in [-0.4, -0.2) is 48.4 Å². The van der Waals surface area contributed by atoms with Crippen LogP contribution in [0.25, 0.3) is 11.3 Å². The van der Waals surface area contributed by atoms with E-state index in [-0.39, 0.29) is 11.9 Å². The predicted molar refractivity (Wildman–Crippen MR) is 118 cm³/mol. The maximum absolute atomic E-state index is 13.5. The predicted octanol–water partition coefficient (Wildman–Crippen LogP) is 2.63. The molecule has 1 aromatic heterocycles. The smallest absolute Gasteiger partial charge is 0.407 e. The van der Waals surface area contributed by atoms with Crippen LogP contribution in [0.1, 0.15) is 36.3 Å². The normalized spacial score (nSPS) is 16.7. The lowest BCUT2D eigenvalue weighted by Crippen LogP contribution is -2.42. The van der Waals surface area contributed by atoms with E-state index >= 15 is 0 Å². The number of aromatic amines is 1. The molecule has 4 rings (SSSR count). The monoisotopic (exact) mass is 414 g/mol. The quantitative estimate of drug-likeness (QED) is 0.629. The standard InChI is InChI=1S/C23H23BN4O3/c1-31-23(30)27-20(16-6-3-2-4-7-16)22(29)28-13-5-8-19(28)21-25-14-18(26-21)15-9-11-17(24)12-10-15/h2-4,6-7,9-12,14,19-20H,5,8,13H2,1H3,(H,25,26)(H,27,30)/t19-,20?/m0/s1. The Morgan fingerprint density at radius 2 is 1.94 bits per heavy atom. The molecule has 1 fully saturated rings. The van der Waals surface area contributed by atoms with E-state index in [2.05, 4.69) is 15.3 Å². The largest absolute Gasteiger partial charge is 0.453 e. The van der Waals surface area contributed by atoms with Crippen LogP contribution in [-0.2, 0) is 9.53 Å². The number of nitrogens with zero attached hydrogens (tertiary/aromatic N) is 2. The summed E-state index contributed by atoms with van der Waals surface area (Å²) in [6, 6.07) is 15.7. The highest BCUT2D eigenvalue weighted by Crippen LogP contribution is 2.33. The van der Waals surface area contributed by atoms with Gasteiger partial charge in [0, 0.05) is 6.54 Å². The Labute approximate surface area is 182 Å². The summed E-state index contributed by atoms with van der Waals surface area (Å²) in [5.41, 5.74) is 3.23. The van der Waals surface area contributed by atoms with E-state index in [1.807, 2.05) is 54.6 Å². The van der Waals surface area contributed by atoms with Gasteiger partial charge in [0.05, 0.1) is 25.0 Å². The molecule has 0 bridgehead atoms. The summed E-state index contributed by atoms with van der Waals surface area (Å²) in [5, 5.41) is 2.67. The van der Waals surface area contributed by atoms with E-state index in [0.29, 0.717) is 17.6 Å². The first-order valence-electron chi connectivity index (χ1n) is 10.2. The highest BCUT2D eigenvalue weighted by atomic mass is 16.5.